The van der Waals surface area contributed by atoms with Gasteiger partial charge in [-0.3, -0.25) is 4.99 Å². The third kappa shape index (κ3) is 6.58. The number of ether oxygens (including phenoxy) is 1. The summed E-state index contributed by atoms with van der Waals surface area (Å²) in [7, 11) is 0.641. The first-order valence-electron chi connectivity index (χ1n) is 8.57. The van der Waals surface area contributed by atoms with Gasteiger partial charge in [0.05, 0.1) is 12.4 Å². The van der Waals surface area contributed by atoms with Crippen LogP contribution in [0.2, 0.25) is 0 Å². The summed E-state index contributed by atoms with van der Waals surface area (Å²) in [6.07, 6.45) is 0.717. The normalized spacial score (nSPS) is 16.8. The van der Waals surface area contributed by atoms with Crippen LogP contribution in [0.3, 0.4) is 0 Å². The van der Waals surface area contributed by atoms with Gasteiger partial charge in [-0.15, -0.1) is 24.0 Å². The average Bonchev–Trinajstić information content (AvgIpc) is 2.92. The number of halogens is 1. The third-order valence-electron chi connectivity index (χ3n) is 4.07. The van der Waals surface area contributed by atoms with Crippen LogP contribution >= 0.6 is 24.0 Å². The van der Waals surface area contributed by atoms with Gasteiger partial charge in [0.2, 0.25) is 10.0 Å². The number of hydrogen-bond acceptors (Lipinski definition) is 4. The van der Waals surface area contributed by atoms with Gasteiger partial charge in [0.15, 0.2) is 5.96 Å². The van der Waals surface area contributed by atoms with Crippen LogP contribution in [-0.4, -0.2) is 69.7 Å². The lowest BCUT2D eigenvalue weighted by Crippen LogP contribution is -2.42. The molecule has 0 aliphatic carbocycles. The second-order valence-corrected chi connectivity index (χ2v) is 8.06. The maximum absolute atomic E-state index is 11.8. The van der Waals surface area contributed by atoms with Crippen LogP contribution < -0.4 is 10.1 Å². The van der Waals surface area contributed by atoms with E-state index in [1.54, 1.807) is 11.4 Å². The van der Waals surface area contributed by atoms with E-state index in [-0.39, 0.29) is 29.7 Å². The minimum Gasteiger partial charge on any atom is -0.494 e. The second kappa shape index (κ2) is 10.9. The molecule has 0 atom stereocenters. The maximum atomic E-state index is 11.8. The predicted molar refractivity (Wildman–Crippen MR) is 116 cm³/mol. The molecule has 1 saturated heterocycles. The first-order chi connectivity index (χ1) is 12.0. The highest BCUT2D eigenvalue weighted by atomic mass is 127. The first kappa shape index (κ1) is 23.0. The van der Waals surface area contributed by atoms with E-state index >= 15 is 0 Å². The summed E-state index contributed by atoms with van der Waals surface area (Å²) >= 11 is 0. The minimum atomic E-state index is -3.04. The fraction of sp³-hybridized carbons (Fsp3) is 0.588. The number of nitrogens with one attached hydrogen (secondary N) is 1. The predicted octanol–water partition coefficient (Wildman–Crippen LogP) is 1.75. The summed E-state index contributed by atoms with van der Waals surface area (Å²) in [5, 5.41) is 3.23. The summed E-state index contributed by atoms with van der Waals surface area (Å²) in [5.74, 6) is 1.87. The van der Waals surface area contributed by atoms with Crippen molar-refractivity contribution in [1.82, 2.24) is 14.5 Å². The molecule has 1 N–H and O–H groups in total. The summed E-state index contributed by atoms with van der Waals surface area (Å²) in [5.41, 5.74) is 1.15. The van der Waals surface area contributed by atoms with E-state index in [2.05, 4.69) is 10.3 Å². The van der Waals surface area contributed by atoms with Gasteiger partial charge in [0.25, 0.3) is 0 Å². The fourth-order valence-electron chi connectivity index (χ4n) is 2.83. The molecular weight excluding hydrogens is 467 g/mol. The van der Waals surface area contributed by atoms with Gasteiger partial charge in [0.1, 0.15) is 5.75 Å². The van der Waals surface area contributed by atoms with Gasteiger partial charge < -0.3 is 15.0 Å². The molecule has 7 nitrogen and oxygen atoms in total. The van der Waals surface area contributed by atoms with Gasteiger partial charge in [-0.25, -0.2) is 12.7 Å². The van der Waals surface area contributed by atoms with Crippen LogP contribution in [0.25, 0.3) is 0 Å². The van der Waals surface area contributed by atoms with Crippen LogP contribution in [0.15, 0.2) is 29.3 Å². The Balaban J connectivity index is 0.00000338. The average molecular weight is 496 g/mol. The fourth-order valence-corrected chi connectivity index (χ4v) is 4.35. The first-order valence-corrected chi connectivity index (χ1v) is 10.2. The Bertz CT molecular complexity index is 680. The Kier molecular flexibility index (Phi) is 9.66. The SMILES string of the molecule is CCOc1ccc(CN(C)C(=NC)NCCN2CCCS2(=O)=O)cc1.I. The number of benzene rings is 1. The van der Waals surface area contributed by atoms with Gasteiger partial charge >= 0.3 is 0 Å². The molecule has 0 aromatic heterocycles. The number of guanidine groups is 1. The second-order valence-electron chi connectivity index (χ2n) is 5.98. The highest BCUT2D eigenvalue weighted by molar-refractivity contribution is 14.0. The van der Waals surface area contributed by atoms with Gasteiger partial charge in [-0.05, 0) is 31.0 Å². The minimum absolute atomic E-state index is 0. The maximum Gasteiger partial charge on any atom is 0.214 e. The quantitative estimate of drug-likeness (QED) is 0.354. The molecule has 0 spiro atoms. The molecule has 1 heterocycles. The van der Waals surface area contributed by atoms with E-state index in [1.165, 1.54) is 0 Å². The summed E-state index contributed by atoms with van der Waals surface area (Å²) in [4.78, 5) is 6.28. The monoisotopic (exact) mass is 496 g/mol. The van der Waals surface area contributed by atoms with Gasteiger partial charge in [-0.2, -0.15) is 0 Å². The third-order valence-corrected chi connectivity index (χ3v) is 6.03. The zero-order chi connectivity index (χ0) is 18.3. The van der Waals surface area contributed by atoms with Crippen molar-refractivity contribution in [2.24, 2.45) is 4.99 Å². The van der Waals surface area contributed by atoms with Crippen molar-refractivity contribution >= 4 is 40.0 Å². The lowest BCUT2D eigenvalue weighted by Gasteiger charge is -2.23. The van der Waals surface area contributed by atoms with Gasteiger partial charge in [-0.1, -0.05) is 12.1 Å². The molecule has 0 bridgehead atoms. The number of rotatable bonds is 7. The van der Waals surface area contributed by atoms with Crippen LogP contribution in [0.4, 0.5) is 0 Å². The number of aliphatic imine (C=N–C) groups is 1. The topological polar surface area (TPSA) is 74.2 Å². The van der Waals surface area contributed by atoms with Crippen LogP contribution in [0, 0.1) is 0 Å². The van der Waals surface area contributed by atoms with Crippen molar-refractivity contribution in [2.45, 2.75) is 19.9 Å². The van der Waals surface area contributed by atoms with E-state index in [0.29, 0.717) is 39.2 Å². The molecule has 0 amide bonds. The van der Waals surface area contributed by atoms with E-state index in [1.807, 2.05) is 43.1 Å². The molecule has 148 valence electrons. The molecular formula is C17H29IN4O3S. The summed E-state index contributed by atoms with van der Waals surface area (Å²) < 4.78 is 30.6. The van der Waals surface area contributed by atoms with Gasteiger partial charge in [0, 0.05) is 40.3 Å². The van der Waals surface area contributed by atoms with E-state index in [0.717, 1.165) is 17.3 Å². The van der Waals surface area contributed by atoms with E-state index in [9.17, 15) is 8.42 Å². The molecule has 0 saturated carbocycles. The standard InChI is InChI=1S/C17H28N4O3S.HI/c1-4-24-16-8-6-15(7-9-16)14-20(3)17(18-2)19-10-12-21-11-5-13-25(21,22)23;/h6-9H,4-5,10-14H2,1-3H3,(H,18,19);1H. The Labute approximate surface area is 173 Å². The molecule has 1 aliphatic heterocycles. The molecule has 0 unspecified atom stereocenters. The Morgan fingerprint density at radius 1 is 1.35 bits per heavy atom. The largest absolute Gasteiger partial charge is 0.494 e. The van der Waals surface area contributed by atoms with Crippen molar-refractivity contribution in [1.29, 1.82) is 0 Å². The Morgan fingerprint density at radius 3 is 2.58 bits per heavy atom. The number of hydrogen-bond donors (Lipinski definition) is 1. The van der Waals surface area contributed by atoms with Crippen LogP contribution in [-0.2, 0) is 16.6 Å². The van der Waals surface area contributed by atoms with Crippen molar-refractivity contribution in [3.05, 3.63) is 29.8 Å². The van der Waals surface area contributed by atoms with Crippen molar-refractivity contribution < 1.29 is 13.2 Å². The smallest absolute Gasteiger partial charge is 0.214 e. The zero-order valence-corrected chi connectivity index (χ0v) is 18.8. The van der Waals surface area contributed by atoms with Crippen LogP contribution in [0.1, 0.15) is 18.9 Å². The molecule has 2 rings (SSSR count). The molecule has 9 heteroatoms. The summed E-state index contributed by atoms with van der Waals surface area (Å²) in [6.45, 7) is 4.95. The molecule has 1 aromatic carbocycles. The van der Waals surface area contributed by atoms with E-state index < -0.39 is 10.0 Å². The molecule has 1 aliphatic rings. The molecule has 0 radical (unpaired) electrons. The Hall–Kier alpha value is -1.07. The lowest BCUT2D eigenvalue weighted by atomic mass is 10.2. The lowest BCUT2D eigenvalue weighted by molar-refractivity contribution is 0.340. The highest BCUT2D eigenvalue weighted by Gasteiger charge is 2.27. The molecule has 1 fully saturated rings. The molecule has 26 heavy (non-hydrogen) atoms. The van der Waals surface area contributed by atoms with Crippen molar-refractivity contribution in [2.75, 3.05) is 46.1 Å². The highest BCUT2D eigenvalue weighted by Crippen LogP contribution is 2.14. The Morgan fingerprint density at radius 2 is 2.04 bits per heavy atom. The van der Waals surface area contributed by atoms with Crippen molar-refractivity contribution in [3.8, 4) is 5.75 Å². The van der Waals surface area contributed by atoms with Crippen molar-refractivity contribution in [3.63, 3.8) is 0 Å². The number of sulfonamides is 1. The molecule has 1 aromatic rings. The zero-order valence-electron chi connectivity index (χ0n) is 15.6. The summed E-state index contributed by atoms with van der Waals surface area (Å²) in [6, 6.07) is 7.99. The number of nitrogens with zero attached hydrogens (tertiary/aromatic N) is 3. The van der Waals surface area contributed by atoms with Crippen LogP contribution in [0.5, 0.6) is 5.75 Å². The van der Waals surface area contributed by atoms with E-state index in [4.69, 9.17) is 4.74 Å².